The van der Waals surface area contributed by atoms with Crippen LogP contribution in [0.1, 0.15) is 38.5 Å². The molecule has 0 radical (unpaired) electrons. The zero-order chi connectivity index (χ0) is 9.52. The molecule has 2 N–H and O–H groups in total. The van der Waals surface area contributed by atoms with E-state index in [1.54, 1.807) is 0 Å². The summed E-state index contributed by atoms with van der Waals surface area (Å²) in [5, 5.41) is 0. The minimum absolute atomic E-state index is 0.0349. The molecule has 76 valence electrons. The fraction of sp³-hybridized carbons (Fsp3) is 0.900. The van der Waals surface area contributed by atoms with Crippen molar-refractivity contribution in [2.75, 3.05) is 13.2 Å². The van der Waals surface area contributed by atoms with Gasteiger partial charge in [-0.3, -0.25) is 4.79 Å². The average molecular weight is 185 g/mol. The summed E-state index contributed by atoms with van der Waals surface area (Å²) < 4.78 is 5.02. The first-order chi connectivity index (χ1) is 6.34. The molecule has 0 aliphatic heterocycles. The summed E-state index contributed by atoms with van der Waals surface area (Å²) in [6, 6.07) is 0. The molecule has 0 unspecified atom stereocenters. The molecule has 1 saturated carbocycles. The van der Waals surface area contributed by atoms with Crippen molar-refractivity contribution in [3.8, 4) is 0 Å². The molecule has 0 aromatic rings. The molecule has 1 fully saturated rings. The fourth-order valence-corrected chi connectivity index (χ4v) is 1.79. The van der Waals surface area contributed by atoms with E-state index in [1.807, 2.05) is 0 Å². The fourth-order valence-electron chi connectivity index (χ4n) is 1.79. The van der Waals surface area contributed by atoms with Gasteiger partial charge < -0.3 is 10.5 Å². The van der Waals surface area contributed by atoms with Crippen LogP contribution in [0.2, 0.25) is 0 Å². The van der Waals surface area contributed by atoms with Crippen molar-refractivity contribution in [1.82, 2.24) is 0 Å². The molecule has 1 rings (SSSR count). The summed E-state index contributed by atoms with van der Waals surface area (Å²) in [5.74, 6) is 0.112. The summed E-state index contributed by atoms with van der Waals surface area (Å²) in [5.41, 5.74) is 5.26. The van der Waals surface area contributed by atoms with Gasteiger partial charge in [0, 0.05) is 6.54 Å². The number of rotatable bonds is 3. The standard InChI is InChI=1S/C10H19NO2/c11-7-8-13-10(12)9-5-3-1-2-4-6-9/h9H,1-8,11H2. The van der Waals surface area contributed by atoms with E-state index >= 15 is 0 Å². The number of hydrogen-bond acceptors (Lipinski definition) is 3. The third-order valence-corrected chi connectivity index (χ3v) is 2.55. The van der Waals surface area contributed by atoms with Crippen LogP contribution in [-0.2, 0) is 9.53 Å². The maximum atomic E-state index is 11.4. The molecular weight excluding hydrogens is 166 g/mol. The highest BCUT2D eigenvalue weighted by atomic mass is 16.5. The molecule has 0 saturated heterocycles. The number of esters is 1. The van der Waals surface area contributed by atoms with Crippen LogP contribution in [0.3, 0.4) is 0 Å². The Morgan fingerprint density at radius 2 is 1.85 bits per heavy atom. The Balaban J connectivity index is 2.26. The van der Waals surface area contributed by atoms with Crippen molar-refractivity contribution in [2.45, 2.75) is 38.5 Å². The van der Waals surface area contributed by atoms with E-state index in [-0.39, 0.29) is 11.9 Å². The van der Waals surface area contributed by atoms with Crippen molar-refractivity contribution < 1.29 is 9.53 Å². The molecule has 0 aromatic carbocycles. The minimum atomic E-state index is -0.0349. The van der Waals surface area contributed by atoms with Crippen LogP contribution in [0.4, 0.5) is 0 Å². The van der Waals surface area contributed by atoms with E-state index in [4.69, 9.17) is 10.5 Å². The highest BCUT2D eigenvalue weighted by molar-refractivity contribution is 5.72. The lowest BCUT2D eigenvalue weighted by Crippen LogP contribution is -2.20. The van der Waals surface area contributed by atoms with Gasteiger partial charge in [-0.05, 0) is 12.8 Å². The third-order valence-electron chi connectivity index (χ3n) is 2.55. The molecule has 0 spiro atoms. The van der Waals surface area contributed by atoms with Gasteiger partial charge in [-0.25, -0.2) is 0 Å². The van der Waals surface area contributed by atoms with Gasteiger partial charge in [-0.15, -0.1) is 0 Å². The van der Waals surface area contributed by atoms with E-state index in [1.165, 1.54) is 25.7 Å². The lowest BCUT2D eigenvalue weighted by atomic mass is 10.0. The van der Waals surface area contributed by atoms with Gasteiger partial charge >= 0.3 is 5.97 Å². The number of hydrogen-bond donors (Lipinski definition) is 1. The van der Waals surface area contributed by atoms with Crippen LogP contribution in [0.15, 0.2) is 0 Å². The molecule has 1 aliphatic rings. The maximum Gasteiger partial charge on any atom is 0.308 e. The van der Waals surface area contributed by atoms with Crippen LogP contribution < -0.4 is 5.73 Å². The van der Waals surface area contributed by atoms with Gasteiger partial charge in [0.25, 0.3) is 0 Å². The summed E-state index contributed by atoms with van der Waals surface area (Å²) in [4.78, 5) is 11.4. The second kappa shape index (κ2) is 5.97. The molecular formula is C10H19NO2. The van der Waals surface area contributed by atoms with Gasteiger partial charge in [-0.2, -0.15) is 0 Å². The van der Waals surface area contributed by atoms with Crippen LogP contribution in [0.25, 0.3) is 0 Å². The molecule has 3 nitrogen and oxygen atoms in total. The van der Waals surface area contributed by atoms with Gasteiger partial charge in [0.1, 0.15) is 6.61 Å². The van der Waals surface area contributed by atoms with Gasteiger partial charge in [0.2, 0.25) is 0 Å². The second-order valence-corrected chi connectivity index (χ2v) is 3.64. The van der Waals surface area contributed by atoms with Crippen molar-refractivity contribution in [1.29, 1.82) is 0 Å². The third kappa shape index (κ3) is 3.77. The lowest BCUT2D eigenvalue weighted by molar-refractivity contribution is -0.148. The number of carbonyl (C=O) groups excluding carboxylic acids is 1. The van der Waals surface area contributed by atoms with Crippen molar-refractivity contribution in [2.24, 2.45) is 11.7 Å². The quantitative estimate of drug-likeness (QED) is 0.535. The largest absolute Gasteiger partial charge is 0.464 e. The Bertz CT molecular complexity index is 151. The first-order valence-electron chi connectivity index (χ1n) is 5.21. The molecule has 3 heteroatoms. The van der Waals surface area contributed by atoms with Gasteiger partial charge in [0.05, 0.1) is 5.92 Å². The number of ether oxygens (including phenoxy) is 1. The highest BCUT2D eigenvalue weighted by Crippen LogP contribution is 2.23. The van der Waals surface area contributed by atoms with Crippen LogP contribution in [0.5, 0.6) is 0 Å². The molecule has 0 heterocycles. The zero-order valence-electron chi connectivity index (χ0n) is 8.13. The Labute approximate surface area is 79.6 Å². The van der Waals surface area contributed by atoms with E-state index < -0.39 is 0 Å². The first-order valence-corrected chi connectivity index (χ1v) is 5.21. The molecule has 13 heavy (non-hydrogen) atoms. The molecule has 0 bridgehead atoms. The van der Waals surface area contributed by atoms with Crippen molar-refractivity contribution in [3.05, 3.63) is 0 Å². The van der Waals surface area contributed by atoms with Gasteiger partial charge in [-0.1, -0.05) is 25.7 Å². The molecule has 1 aliphatic carbocycles. The van der Waals surface area contributed by atoms with Crippen LogP contribution >= 0.6 is 0 Å². The van der Waals surface area contributed by atoms with Gasteiger partial charge in [0.15, 0.2) is 0 Å². The summed E-state index contributed by atoms with van der Waals surface area (Å²) in [7, 11) is 0. The first kappa shape index (κ1) is 10.5. The Morgan fingerprint density at radius 1 is 1.23 bits per heavy atom. The maximum absolute atomic E-state index is 11.4. The second-order valence-electron chi connectivity index (χ2n) is 3.64. The van der Waals surface area contributed by atoms with E-state index in [0.717, 1.165) is 12.8 Å². The summed E-state index contributed by atoms with van der Waals surface area (Å²) in [6.07, 6.45) is 6.87. The normalized spacial score (nSPS) is 19.5. The molecule has 0 amide bonds. The predicted octanol–water partition coefficient (Wildman–Crippen LogP) is 1.46. The lowest BCUT2D eigenvalue weighted by Gasteiger charge is -2.12. The predicted molar refractivity (Wildman–Crippen MR) is 51.2 cm³/mol. The van der Waals surface area contributed by atoms with Crippen LogP contribution in [-0.4, -0.2) is 19.1 Å². The Morgan fingerprint density at radius 3 is 2.38 bits per heavy atom. The summed E-state index contributed by atoms with van der Waals surface area (Å²) >= 11 is 0. The van der Waals surface area contributed by atoms with Crippen molar-refractivity contribution >= 4 is 5.97 Å². The van der Waals surface area contributed by atoms with Crippen molar-refractivity contribution in [3.63, 3.8) is 0 Å². The van der Waals surface area contributed by atoms with E-state index in [0.29, 0.717) is 13.2 Å². The Hall–Kier alpha value is -0.570. The topological polar surface area (TPSA) is 52.3 Å². The smallest absolute Gasteiger partial charge is 0.308 e. The SMILES string of the molecule is NCCOC(=O)C1CCCCCC1. The summed E-state index contributed by atoms with van der Waals surface area (Å²) in [6.45, 7) is 0.799. The number of nitrogens with two attached hydrogens (primary N) is 1. The minimum Gasteiger partial charge on any atom is -0.464 e. The zero-order valence-corrected chi connectivity index (χ0v) is 8.13. The van der Waals surface area contributed by atoms with E-state index in [2.05, 4.69) is 0 Å². The number of carbonyl (C=O) groups is 1. The monoisotopic (exact) mass is 185 g/mol. The van der Waals surface area contributed by atoms with E-state index in [9.17, 15) is 4.79 Å². The highest BCUT2D eigenvalue weighted by Gasteiger charge is 2.20. The molecule has 0 atom stereocenters. The molecule has 0 aromatic heterocycles. The average Bonchev–Trinajstić information content (AvgIpc) is 2.42. The Kier molecular flexibility index (Phi) is 4.83. The van der Waals surface area contributed by atoms with Crippen LogP contribution in [0, 0.1) is 5.92 Å².